The van der Waals surface area contributed by atoms with Crippen LogP contribution in [0.2, 0.25) is 0 Å². The molecule has 92 valence electrons. The molecule has 0 saturated heterocycles. The molecule has 0 aromatic heterocycles. The lowest BCUT2D eigenvalue weighted by molar-refractivity contribution is -0.138. The third kappa shape index (κ3) is 5.21. The van der Waals surface area contributed by atoms with Crippen molar-refractivity contribution in [3.63, 3.8) is 0 Å². The molecule has 1 aromatic rings. The molecule has 0 aliphatic rings. The van der Waals surface area contributed by atoms with Gasteiger partial charge < -0.3 is 16.2 Å². The molecular weight excluding hydrogens is 251 g/mol. The Balaban J connectivity index is 0. The van der Waals surface area contributed by atoms with Crippen molar-refractivity contribution in [2.24, 2.45) is 5.73 Å². The lowest BCUT2D eigenvalue weighted by Crippen LogP contribution is -2.32. The molecule has 0 amide bonds. The molecule has 1 atom stereocenters. The molecule has 0 aliphatic heterocycles. The maximum absolute atomic E-state index is 10.5. The second-order valence-corrected chi connectivity index (χ2v) is 3.10. The van der Waals surface area contributed by atoms with Crippen LogP contribution in [-0.4, -0.2) is 24.2 Å². The van der Waals surface area contributed by atoms with E-state index >= 15 is 0 Å². The molecule has 0 heterocycles. The van der Waals surface area contributed by atoms with Gasteiger partial charge in [0.05, 0.1) is 0 Å². The van der Waals surface area contributed by atoms with Gasteiger partial charge in [-0.25, -0.2) is 0 Å². The Morgan fingerprint density at radius 2 is 2.12 bits per heavy atom. The quantitative estimate of drug-likeness (QED) is 0.773. The highest BCUT2D eigenvalue weighted by Crippen LogP contribution is 2.10. The number of hydrogen-bond acceptors (Lipinski definition) is 3. The van der Waals surface area contributed by atoms with Gasteiger partial charge in [-0.3, -0.25) is 4.79 Å². The van der Waals surface area contributed by atoms with Crippen LogP contribution >= 0.6 is 24.8 Å². The third-order valence-electron chi connectivity index (χ3n) is 1.99. The second-order valence-electron chi connectivity index (χ2n) is 3.10. The second kappa shape index (κ2) is 8.21. The highest BCUT2D eigenvalue weighted by molar-refractivity contribution is 5.85. The van der Waals surface area contributed by atoms with Gasteiger partial charge in [-0.2, -0.15) is 0 Å². The van der Waals surface area contributed by atoms with E-state index in [1.807, 2.05) is 31.3 Å². The first-order valence-electron chi connectivity index (χ1n) is 4.38. The van der Waals surface area contributed by atoms with Gasteiger partial charge in [0.15, 0.2) is 0 Å². The Morgan fingerprint density at radius 1 is 1.50 bits per heavy atom. The number of carboxylic acid groups (broad SMARTS) is 1. The fraction of sp³-hybridized carbons (Fsp3) is 0.300. The van der Waals surface area contributed by atoms with E-state index in [0.29, 0.717) is 6.42 Å². The number of anilines is 1. The van der Waals surface area contributed by atoms with Crippen molar-refractivity contribution in [2.45, 2.75) is 12.5 Å². The minimum Gasteiger partial charge on any atom is -0.480 e. The number of nitrogens with two attached hydrogens (primary N) is 1. The van der Waals surface area contributed by atoms with E-state index < -0.39 is 12.0 Å². The van der Waals surface area contributed by atoms with Crippen LogP contribution in [0.3, 0.4) is 0 Å². The molecule has 0 radical (unpaired) electrons. The van der Waals surface area contributed by atoms with Crippen molar-refractivity contribution in [1.82, 2.24) is 0 Å². The predicted octanol–water partition coefficient (Wildman–Crippen LogP) is 1.53. The number of rotatable bonds is 4. The molecule has 1 unspecified atom stereocenters. The van der Waals surface area contributed by atoms with Crippen LogP contribution in [0.4, 0.5) is 5.69 Å². The highest BCUT2D eigenvalue weighted by Gasteiger charge is 2.11. The van der Waals surface area contributed by atoms with Gasteiger partial charge in [0.2, 0.25) is 0 Å². The van der Waals surface area contributed by atoms with Crippen LogP contribution in [0.25, 0.3) is 0 Å². The van der Waals surface area contributed by atoms with E-state index in [0.717, 1.165) is 11.3 Å². The summed E-state index contributed by atoms with van der Waals surface area (Å²) in [5.74, 6) is -0.972. The molecule has 0 saturated carbocycles. The molecule has 0 fully saturated rings. The zero-order valence-corrected chi connectivity index (χ0v) is 10.5. The summed E-state index contributed by atoms with van der Waals surface area (Å²) in [5, 5.41) is 11.6. The Hall–Kier alpha value is -0.970. The van der Waals surface area contributed by atoms with Gasteiger partial charge in [-0.05, 0) is 24.1 Å². The lowest BCUT2D eigenvalue weighted by Gasteiger charge is -2.07. The molecule has 1 aromatic carbocycles. The Morgan fingerprint density at radius 3 is 2.62 bits per heavy atom. The standard InChI is InChI=1S/C10H14N2O2.2ClH/c1-12-8-4-2-3-7(5-8)6-9(11)10(13)14;;/h2-5,9,12H,6,11H2,1H3,(H,13,14);2*1H. The minimum absolute atomic E-state index is 0. The normalized spacial score (nSPS) is 10.6. The molecule has 4 nitrogen and oxygen atoms in total. The summed E-state index contributed by atoms with van der Waals surface area (Å²) in [6.45, 7) is 0. The highest BCUT2D eigenvalue weighted by atomic mass is 35.5. The Labute approximate surface area is 107 Å². The number of carboxylic acids is 1. The number of halogens is 2. The van der Waals surface area contributed by atoms with Crippen molar-refractivity contribution < 1.29 is 9.90 Å². The predicted molar refractivity (Wildman–Crippen MR) is 69.8 cm³/mol. The fourth-order valence-electron chi connectivity index (χ4n) is 1.20. The van der Waals surface area contributed by atoms with Crippen molar-refractivity contribution >= 4 is 36.5 Å². The zero-order valence-electron chi connectivity index (χ0n) is 8.84. The van der Waals surface area contributed by atoms with Crippen LogP contribution in [0.1, 0.15) is 5.56 Å². The largest absolute Gasteiger partial charge is 0.480 e. The number of aliphatic carboxylic acids is 1. The molecule has 6 heteroatoms. The average Bonchev–Trinajstić information content (AvgIpc) is 2.18. The molecule has 0 aliphatic carbocycles. The summed E-state index contributed by atoms with van der Waals surface area (Å²) in [6, 6.07) is 6.71. The van der Waals surface area contributed by atoms with Crippen LogP contribution in [0, 0.1) is 0 Å². The maximum Gasteiger partial charge on any atom is 0.320 e. The SMILES string of the molecule is CNc1cccc(CC(N)C(=O)O)c1.Cl.Cl. The van der Waals surface area contributed by atoms with E-state index in [1.54, 1.807) is 0 Å². The van der Waals surface area contributed by atoms with Gasteiger partial charge in [-0.15, -0.1) is 24.8 Å². The van der Waals surface area contributed by atoms with Gasteiger partial charge >= 0.3 is 5.97 Å². The van der Waals surface area contributed by atoms with Crippen molar-refractivity contribution in [1.29, 1.82) is 0 Å². The van der Waals surface area contributed by atoms with E-state index in [4.69, 9.17) is 10.8 Å². The first kappa shape index (κ1) is 17.4. The smallest absolute Gasteiger partial charge is 0.320 e. The summed E-state index contributed by atoms with van der Waals surface area (Å²) in [7, 11) is 1.82. The van der Waals surface area contributed by atoms with Crippen molar-refractivity contribution in [2.75, 3.05) is 12.4 Å². The van der Waals surface area contributed by atoms with Gasteiger partial charge in [0, 0.05) is 12.7 Å². The molecule has 4 N–H and O–H groups in total. The van der Waals surface area contributed by atoms with Crippen molar-refractivity contribution in [3.8, 4) is 0 Å². The van der Waals surface area contributed by atoms with Crippen LogP contribution in [0.15, 0.2) is 24.3 Å². The molecular formula is C10H16Cl2N2O2. The van der Waals surface area contributed by atoms with Gasteiger partial charge in [0.1, 0.15) is 6.04 Å². The van der Waals surface area contributed by atoms with Gasteiger partial charge in [-0.1, -0.05) is 12.1 Å². The number of hydrogen-bond donors (Lipinski definition) is 3. The number of benzene rings is 1. The summed E-state index contributed by atoms with van der Waals surface area (Å²) in [4.78, 5) is 10.5. The minimum atomic E-state index is -0.972. The summed E-state index contributed by atoms with van der Waals surface area (Å²) >= 11 is 0. The average molecular weight is 267 g/mol. The third-order valence-corrected chi connectivity index (χ3v) is 1.99. The monoisotopic (exact) mass is 266 g/mol. The molecule has 0 spiro atoms. The Bertz CT molecular complexity index is 334. The molecule has 0 bridgehead atoms. The van der Waals surface area contributed by atoms with E-state index in [2.05, 4.69) is 5.32 Å². The van der Waals surface area contributed by atoms with Crippen molar-refractivity contribution in [3.05, 3.63) is 29.8 Å². The van der Waals surface area contributed by atoms with E-state index in [-0.39, 0.29) is 24.8 Å². The first-order valence-corrected chi connectivity index (χ1v) is 4.38. The maximum atomic E-state index is 10.5. The fourth-order valence-corrected chi connectivity index (χ4v) is 1.20. The first-order chi connectivity index (χ1) is 6.63. The summed E-state index contributed by atoms with van der Waals surface area (Å²) in [5.41, 5.74) is 7.30. The number of nitrogens with one attached hydrogen (secondary N) is 1. The van der Waals surface area contributed by atoms with Crippen LogP contribution < -0.4 is 11.1 Å². The van der Waals surface area contributed by atoms with Crippen LogP contribution in [-0.2, 0) is 11.2 Å². The number of carbonyl (C=O) groups is 1. The summed E-state index contributed by atoms with van der Waals surface area (Å²) in [6.07, 6.45) is 0.352. The lowest BCUT2D eigenvalue weighted by atomic mass is 10.1. The zero-order chi connectivity index (χ0) is 10.6. The van der Waals surface area contributed by atoms with E-state index in [9.17, 15) is 4.79 Å². The summed E-state index contributed by atoms with van der Waals surface area (Å²) < 4.78 is 0. The van der Waals surface area contributed by atoms with E-state index in [1.165, 1.54) is 0 Å². The topological polar surface area (TPSA) is 75.3 Å². The Kier molecular flexibility index (Phi) is 8.95. The van der Waals surface area contributed by atoms with Crippen LogP contribution in [0.5, 0.6) is 0 Å². The molecule has 1 rings (SSSR count). The van der Waals surface area contributed by atoms with Gasteiger partial charge in [0.25, 0.3) is 0 Å². The molecule has 16 heavy (non-hydrogen) atoms.